The highest BCUT2D eigenvalue weighted by Gasteiger charge is 2.19. The maximum absolute atomic E-state index is 12.7. The zero-order valence-corrected chi connectivity index (χ0v) is 12.0. The molecule has 0 amide bonds. The molecule has 0 saturated heterocycles. The van der Waals surface area contributed by atoms with Crippen molar-refractivity contribution >= 4 is 0 Å². The van der Waals surface area contributed by atoms with Crippen LogP contribution in [0, 0.1) is 6.92 Å². The Balaban J connectivity index is 2.34. The van der Waals surface area contributed by atoms with Gasteiger partial charge in [-0.2, -0.15) is 9.78 Å². The second kappa shape index (κ2) is 4.99. The molecule has 0 spiro atoms. The van der Waals surface area contributed by atoms with Crippen LogP contribution in [0.3, 0.4) is 0 Å². The summed E-state index contributed by atoms with van der Waals surface area (Å²) in [6.07, 6.45) is 0.958. The van der Waals surface area contributed by atoms with Crippen molar-refractivity contribution in [3.8, 4) is 11.4 Å². The van der Waals surface area contributed by atoms with Crippen LogP contribution in [0.2, 0.25) is 0 Å². The predicted octanol–water partition coefficient (Wildman–Crippen LogP) is -0.281. The number of nitrogens with zero attached hydrogens (tertiary/aromatic N) is 4. The summed E-state index contributed by atoms with van der Waals surface area (Å²) in [4.78, 5) is 37.8. The first-order valence-electron chi connectivity index (χ1n) is 6.54. The van der Waals surface area contributed by atoms with E-state index in [1.165, 1.54) is 4.68 Å². The summed E-state index contributed by atoms with van der Waals surface area (Å²) in [7, 11) is 1.71. The minimum atomic E-state index is -0.751. The zero-order valence-electron chi connectivity index (χ0n) is 12.0. The van der Waals surface area contributed by atoms with Gasteiger partial charge in [0, 0.05) is 7.05 Å². The van der Waals surface area contributed by atoms with Gasteiger partial charge in [0.15, 0.2) is 5.69 Å². The van der Waals surface area contributed by atoms with E-state index >= 15 is 0 Å². The quantitative estimate of drug-likeness (QED) is 0.704. The first-order chi connectivity index (χ1) is 10.5. The van der Waals surface area contributed by atoms with E-state index in [0.717, 1.165) is 10.9 Å². The van der Waals surface area contributed by atoms with Gasteiger partial charge >= 0.3 is 5.69 Å². The molecule has 1 aromatic carbocycles. The van der Waals surface area contributed by atoms with E-state index in [4.69, 9.17) is 0 Å². The molecular formula is C14H13N5O3. The minimum absolute atomic E-state index is 0.104. The highest BCUT2D eigenvalue weighted by Crippen LogP contribution is 2.11. The molecule has 3 rings (SSSR count). The van der Waals surface area contributed by atoms with Gasteiger partial charge in [-0.25, -0.2) is 9.48 Å². The zero-order chi connectivity index (χ0) is 15.9. The van der Waals surface area contributed by atoms with E-state index in [9.17, 15) is 14.4 Å². The molecule has 0 radical (unpaired) electrons. The fraction of sp³-hybridized carbons (Fsp3) is 0.143. The summed E-state index contributed by atoms with van der Waals surface area (Å²) in [5, 5.41) is 3.75. The van der Waals surface area contributed by atoms with Gasteiger partial charge in [-0.1, -0.05) is 18.2 Å². The number of rotatable bonds is 2. The molecule has 0 bridgehead atoms. The fourth-order valence-corrected chi connectivity index (χ4v) is 2.31. The van der Waals surface area contributed by atoms with Gasteiger partial charge in [0.1, 0.15) is 6.20 Å². The molecule has 0 unspecified atom stereocenters. The van der Waals surface area contributed by atoms with Crippen molar-refractivity contribution < 1.29 is 0 Å². The Bertz CT molecular complexity index is 1010. The number of aromatic nitrogens is 5. The largest absolute Gasteiger partial charge is 0.349 e. The van der Waals surface area contributed by atoms with Crippen LogP contribution >= 0.6 is 0 Å². The highest BCUT2D eigenvalue weighted by atomic mass is 16.2. The van der Waals surface area contributed by atoms with Gasteiger partial charge < -0.3 is 0 Å². The van der Waals surface area contributed by atoms with Crippen LogP contribution in [0.4, 0.5) is 0 Å². The molecule has 0 aliphatic heterocycles. The van der Waals surface area contributed by atoms with Gasteiger partial charge in [0.25, 0.3) is 11.1 Å². The Kier molecular flexibility index (Phi) is 3.13. The SMILES string of the molecule is Cc1c(-n2ncc(=O)[nH]c2=O)c(=O)n(-c2ccccc2)n1C. The van der Waals surface area contributed by atoms with Crippen LogP contribution in [0.15, 0.2) is 50.9 Å². The van der Waals surface area contributed by atoms with Crippen molar-refractivity contribution in [2.45, 2.75) is 6.92 Å². The molecule has 0 aliphatic rings. The monoisotopic (exact) mass is 299 g/mol. The van der Waals surface area contributed by atoms with Crippen molar-refractivity contribution in [3.05, 3.63) is 73.4 Å². The lowest BCUT2D eigenvalue weighted by molar-refractivity contribution is 0.630. The van der Waals surface area contributed by atoms with E-state index in [2.05, 4.69) is 10.1 Å². The normalized spacial score (nSPS) is 10.8. The second-order valence-corrected chi connectivity index (χ2v) is 4.76. The van der Waals surface area contributed by atoms with Gasteiger partial charge in [-0.3, -0.25) is 19.3 Å². The van der Waals surface area contributed by atoms with Crippen LogP contribution in [0.25, 0.3) is 11.4 Å². The molecule has 0 saturated carbocycles. The molecule has 8 heteroatoms. The summed E-state index contributed by atoms with van der Waals surface area (Å²) in [6.45, 7) is 1.70. The van der Waals surface area contributed by atoms with Crippen LogP contribution in [0.5, 0.6) is 0 Å². The number of nitrogens with one attached hydrogen (secondary N) is 1. The van der Waals surface area contributed by atoms with Gasteiger partial charge in [-0.05, 0) is 19.1 Å². The lowest BCUT2D eigenvalue weighted by Crippen LogP contribution is -2.33. The van der Waals surface area contributed by atoms with Crippen LogP contribution < -0.4 is 16.8 Å². The third kappa shape index (κ3) is 2.01. The Labute approximate surface area is 123 Å². The number of benzene rings is 1. The van der Waals surface area contributed by atoms with Crippen molar-refractivity contribution in [2.75, 3.05) is 0 Å². The molecule has 0 aliphatic carbocycles. The summed E-state index contributed by atoms with van der Waals surface area (Å²) < 4.78 is 3.97. The Hall–Kier alpha value is -3.16. The van der Waals surface area contributed by atoms with Crippen LogP contribution in [0.1, 0.15) is 5.69 Å². The third-order valence-corrected chi connectivity index (χ3v) is 3.45. The summed E-state index contributed by atoms with van der Waals surface area (Å²) >= 11 is 0. The molecule has 112 valence electrons. The average molecular weight is 299 g/mol. The topological polar surface area (TPSA) is 94.7 Å². The Morgan fingerprint density at radius 2 is 1.77 bits per heavy atom. The van der Waals surface area contributed by atoms with E-state index in [0.29, 0.717) is 11.4 Å². The average Bonchev–Trinajstić information content (AvgIpc) is 2.71. The first-order valence-corrected chi connectivity index (χ1v) is 6.54. The fourth-order valence-electron chi connectivity index (χ4n) is 2.31. The predicted molar refractivity (Wildman–Crippen MR) is 79.8 cm³/mol. The van der Waals surface area contributed by atoms with Gasteiger partial charge in [0.05, 0.1) is 11.4 Å². The van der Waals surface area contributed by atoms with Gasteiger partial charge in [-0.15, -0.1) is 0 Å². The van der Waals surface area contributed by atoms with E-state index in [1.807, 2.05) is 18.2 Å². The molecule has 2 heterocycles. The minimum Gasteiger partial charge on any atom is -0.283 e. The van der Waals surface area contributed by atoms with Crippen molar-refractivity contribution in [3.63, 3.8) is 0 Å². The summed E-state index contributed by atoms with van der Waals surface area (Å²) in [6, 6.07) is 9.04. The van der Waals surface area contributed by atoms with Crippen molar-refractivity contribution in [2.24, 2.45) is 7.05 Å². The molecule has 0 fully saturated rings. The van der Waals surface area contributed by atoms with E-state index in [-0.39, 0.29) is 5.69 Å². The Morgan fingerprint density at radius 3 is 2.41 bits per heavy atom. The van der Waals surface area contributed by atoms with E-state index < -0.39 is 16.8 Å². The van der Waals surface area contributed by atoms with E-state index in [1.54, 1.807) is 30.8 Å². The summed E-state index contributed by atoms with van der Waals surface area (Å²) in [5.41, 5.74) is -0.436. The molecular weight excluding hydrogens is 286 g/mol. The lowest BCUT2D eigenvalue weighted by Gasteiger charge is -2.07. The molecule has 0 atom stereocenters. The lowest BCUT2D eigenvalue weighted by atomic mass is 10.3. The standard InChI is InChI=1S/C14H13N5O3/c1-9-12(18-14(22)16-11(20)8-15-18)13(21)19(17(9)2)10-6-4-3-5-7-10/h3-8H,1-2H3,(H,16,20,22). The third-order valence-electron chi connectivity index (χ3n) is 3.45. The van der Waals surface area contributed by atoms with Crippen LogP contribution in [-0.4, -0.2) is 24.1 Å². The smallest absolute Gasteiger partial charge is 0.283 e. The maximum Gasteiger partial charge on any atom is 0.349 e. The van der Waals surface area contributed by atoms with Crippen LogP contribution in [-0.2, 0) is 7.05 Å². The first kappa shape index (κ1) is 13.8. The number of H-pyrrole nitrogens is 1. The number of hydrogen-bond donors (Lipinski definition) is 1. The molecule has 3 aromatic rings. The number of aromatic amines is 1. The molecule has 22 heavy (non-hydrogen) atoms. The molecule has 1 N–H and O–H groups in total. The van der Waals surface area contributed by atoms with Gasteiger partial charge in [0.2, 0.25) is 0 Å². The van der Waals surface area contributed by atoms with Crippen molar-refractivity contribution in [1.82, 2.24) is 24.1 Å². The number of para-hydroxylation sites is 1. The maximum atomic E-state index is 12.7. The van der Waals surface area contributed by atoms with Crippen molar-refractivity contribution in [1.29, 1.82) is 0 Å². The highest BCUT2D eigenvalue weighted by molar-refractivity contribution is 5.39. The molecule has 8 nitrogen and oxygen atoms in total. The second-order valence-electron chi connectivity index (χ2n) is 4.76. The Morgan fingerprint density at radius 1 is 1.09 bits per heavy atom. The number of hydrogen-bond acceptors (Lipinski definition) is 4. The molecule has 2 aromatic heterocycles. The summed E-state index contributed by atoms with van der Waals surface area (Å²) in [5.74, 6) is 0.